The predicted molar refractivity (Wildman–Crippen MR) is 75.3 cm³/mol. The molecule has 24 heavy (non-hydrogen) atoms. The van der Waals surface area contributed by atoms with Crippen molar-refractivity contribution in [1.82, 2.24) is 4.90 Å². The Morgan fingerprint density at radius 2 is 1.71 bits per heavy atom. The molecule has 0 heterocycles. The highest BCUT2D eigenvalue weighted by Crippen LogP contribution is 2.31. The molecule has 0 N–H and O–H groups in total. The average molecular weight is 378 g/mol. The van der Waals surface area contributed by atoms with Gasteiger partial charge in [0.15, 0.2) is 4.90 Å². The van der Waals surface area contributed by atoms with Gasteiger partial charge in [-0.2, -0.15) is 26.3 Å². The maximum atomic E-state index is 13.8. The standard InChI is InChI=1S/C13H13F7N2OS/c1-7-4-8(14)9(21-11(22(2)3)13(18,19)20)5-10(7)24(23)6-12(15,16)17/h4-5H,6H2,1-3H3/b21-11-. The van der Waals surface area contributed by atoms with E-state index in [-0.39, 0.29) is 5.56 Å². The van der Waals surface area contributed by atoms with Crippen molar-refractivity contribution in [3.05, 3.63) is 23.5 Å². The molecule has 11 heteroatoms. The van der Waals surface area contributed by atoms with E-state index in [1.54, 1.807) is 0 Å². The summed E-state index contributed by atoms with van der Waals surface area (Å²) < 4.78 is 101. The minimum Gasteiger partial charge on any atom is -0.611 e. The number of aryl methyl sites for hydroxylation is 1. The van der Waals surface area contributed by atoms with Crippen molar-refractivity contribution in [1.29, 1.82) is 0 Å². The molecule has 0 spiro atoms. The summed E-state index contributed by atoms with van der Waals surface area (Å²) in [4.78, 5) is 3.30. The summed E-state index contributed by atoms with van der Waals surface area (Å²) in [6.07, 6.45) is -9.64. The molecule has 1 rings (SSSR count). The first kappa shape index (κ1) is 20.6. The van der Waals surface area contributed by atoms with E-state index in [4.69, 9.17) is 0 Å². The number of benzene rings is 1. The van der Waals surface area contributed by atoms with Crippen LogP contribution < -0.4 is 0 Å². The Hall–Kier alpha value is -1.49. The minimum atomic E-state index is -4.90. The van der Waals surface area contributed by atoms with Crippen LogP contribution >= 0.6 is 0 Å². The summed E-state index contributed by atoms with van der Waals surface area (Å²) in [6.45, 7) is 1.21. The van der Waals surface area contributed by atoms with Gasteiger partial charge in [0.25, 0.3) is 0 Å². The van der Waals surface area contributed by atoms with Crippen LogP contribution in [0.1, 0.15) is 5.56 Å². The first-order valence-corrected chi connectivity index (χ1v) is 7.62. The number of hydrogen-bond acceptors (Lipinski definition) is 2. The molecular weight excluding hydrogens is 365 g/mol. The molecule has 0 fully saturated rings. The van der Waals surface area contributed by atoms with Gasteiger partial charge < -0.3 is 9.45 Å². The zero-order valence-electron chi connectivity index (χ0n) is 12.7. The fourth-order valence-electron chi connectivity index (χ4n) is 1.73. The molecule has 0 aliphatic carbocycles. The Morgan fingerprint density at radius 3 is 2.12 bits per heavy atom. The van der Waals surface area contributed by atoms with Crippen LogP contribution in [0.3, 0.4) is 0 Å². The van der Waals surface area contributed by atoms with Gasteiger partial charge in [0.1, 0.15) is 11.5 Å². The van der Waals surface area contributed by atoms with Gasteiger partial charge in [0.2, 0.25) is 11.6 Å². The lowest BCUT2D eigenvalue weighted by Crippen LogP contribution is -2.36. The number of halogens is 7. The summed E-state index contributed by atoms with van der Waals surface area (Å²) >= 11 is -2.59. The van der Waals surface area contributed by atoms with E-state index in [9.17, 15) is 35.3 Å². The summed E-state index contributed by atoms with van der Waals surface area (Å²) in [5.74, 6) is -4.30. The molecule has 0 bridgehead atoms. The number of aliphatic imine (C=N–C) groups is 1. The van der Waals surface area contributed by atoms with Gasteiger partial charge in [-0.25, -0.2) is 9.38 Å². The van der Waals surface area contributed by atoms with Crippen molar-refractivity contribution in [2.24, 2.45) is 4.99 Å². The zero-order valence-corrected chi connectivity index (χ0v) is 13.5. The topological polar surface area (TPSA) is 38.7 Å². The van der Waals surface area contributed by atoms with E-state index in [2.05, 4.69) is 4.99 Å². The number of amidine groups is 1. The van der Waals surface area contributed by atoms with E-state index in [1.807, 2.05) is 0 Å². The van der Waals surface area contributed by atoms with Crippen molar-refractivity contribution in [3.63, 3.8) is 0 Å². The van der Waals surface area contributed by atoms with Gasteiger partial charge in [-0.15, -0.1) is 0 Å². The van der Waals surface area contributed by atoms with E-state index in [0.717, 1.165) is 14.1 Å². The van der Waals surface area contributed by atoms with Gasteiger partial charge in [0.05, 0.1) is 0 Å². The lowest BCUT2D eigenvalue weighted by atomic mass is 10.2. The second kappa shape index (κ2) is 7.18. The normalized spacial score (nSPS) is 14.7. The molecular formula is C13H13F7N2OS. The van der Waals surface area contributed by atoms with Crippen LogP contribution in [0.5, 0.6) is 0 Å². The molecule has 1 aromatic rings. The quantitative estimate of drug-likeness (QED) is 0.346. The summed E-state index contributed by atoms with van der Waals surface area (Å²) in [5, 5.41) is 0. The molecule has 0 radical (unpaired) electrons. The van der Waals surface area contributed by atoms with Crippen molar-refractivity contribution in [3.8, 4) is 0 Å². The SMILES string of the molecule is Cc1cc(F)c(/N=C(\N(C)C)C(F)(F)F)cc1[S+]([O-])CC(F)(F)F. The third kappa shape index (κ3) is 5.55. The molecule has 0 aliphatic rings. The van der Waals surface area contributed by atoms with Crippen LogP contribution in [0.2, 0.25) is 0 Å². The summed E-state index contributed by atoms with van der Waals surface area (Å²) in [7, 11) is 2.06. The zero-order chi connectivity index (χ0) is 18.9. The van der Waals surface area contributed by atoms with Crippen LogP contribution in [0.25, 0.3) is 0 Å². The third-order valence-electron chi connectivity index (χ3n) is 2.69. The van der Waals surface area contributed by atoms with Crippen LogP contribution in [-0.4, -0.2) is 47.5 Å². The molecule has 136 valence electrons. The van der Waals surface area contributed by atoms with Gasteiger partial charge in [-0.1, -0.05) is 0 Å². The number of rotatable bonds is 3. The monoisotopic (exact) mass is 378 g/mol. The summed E-state index contributed by atoms with van der Waals surface area (Å²) in [6, 6.07) is 1.34. The Balaban J connectivity index is 3.38. The maximum absolute atomic E-state index is 13.8. The van der Waals surface area contributed by atoms with Crippen LogP contribution in [0.15, 0.2) is 22.0 Å². The number of nitrogens with zero attached hydrogens (tertiary/aromatic N) is 2. The molecule has 0 aromatic heterocycles. The van der Waals surface area contributed by atoms with E-state index in [1.165, 1.54) is 6.92 Å². The van der Waals surface area contributed by atoms with Gasteiger partial charge in [0, 0.05) is 25.7 Å². The van der Waals surface area contributed by atoms with E-state index in [0.29, 0.717) is 17.0 Å². The predicted octanol–water partition coefficient (Wildman–Crippen LogP) is 3.96. The highest BCUT2D eigenvalue weighted by atomic mass is 32.2. The molecule has 0 aliphatic heterocycles. The molecule has 3 nitrogen and oxygen atoms in total. The van der Waals surface area contributed by atoms with Crippen molar-refractivity contribution < 1.29 is 35.3 Å². The average Bonchev–Trinajstić information content (AvgIpc) is 2.33. The molecule has 1 atom stereocenters. The lowest BCUT2D eigenvalue weighted by Gasteiger charge is -2.19. The Labute approximate surface area is 136 Å². The van der Waals surface area contributed by atoms with Crippen molar-refractivity contribution in [2.45, 2.75) is 24.2 Å². The fourth-order valence-corrected chi connectivity index (χ4v) is 2.84. The molecule has 0 saturated carbocycles. The second-order valence-corrected chi connectivity index (χ2v) is 6.42. The van der Waals surface area contributed by atoms with Crippen molar-refractivity contribution >= 4 is 22.7 Å². The highest BCUT2D eigenvalue weighted by Gasteiger charge is 2.39. The minimum absolute atomic E-state index is 0.0764. The Morgan fingerprint density at radius 1 is 1.17 bits per heavy atom. The molecule has 1 unspecified atom stereocenters. The van der Waals surface area contributed by atoms with E-state index < -0.39 is 51.5 Å². The highest BCUT2D eigenvalue weighted by molar-refractivity contribution is 7.91. The van der Waals surface area contributed by atoms with Crippen LogP contribution in [-0.2, 0) is 11.2 Å². The van der Waals surface area contributed by atoms with Crippen LogP contribution in [0, 0.1) is 12.7 Å². The second-order valence-electron chi connectivity index (χ2n) is 5.00. The van der Waals surface area contributed by atoms with Gasteiger partial charge in [-0.3, -0.25) is 0 Å². The van der Waals surface area contributed by atoms with Crippen LogP contribution in [0.4, 0.5) is 36.4 Å². The number of hydrogen-bond donors (Lipinski definition) is 0. The molecule has 1 aromatic carbocycles. The lowest BCUT2D eigenvalue weighted by molar-refractivity contribution is -0.106. The fraction of sp³-hybridized carbons (Fsp3) is 0.462. The third-order valence-corrected chi connectivity index (χ3v) is 4.21. The Kier molecular flexibility index (Phi) is 6.15. The first-order valence-electron chi connectivity index (χ1n) is 6.31. The van der Waals surface area contributed by atoms with Gasteiger partial charge >= 0.3 is 12.4 Å². The first-order chi connectivity index (χ1) is 10.7. The molecule has 0 saturated heterocycles. The largest absolute Gasteiger partial charge is 0.611 e. The van der Waals surface area contributed by atoms with Crippen molar-refractivity contribution in [2.75, 3.05) is 19.8 Å². The smallest absolute Gasteiger partial charge is 0.449 e. The number of alkyl halides is 6. The summed E-state index contributed by atoms with van der Waals surface area (Å²) in [5.41, 5.74) is -0.917. The van der Waals surface area contributed by atoms with E-state index >= 15 is 0 Å². The maximum Gasteiger partial charge on any atom is 0.449 e. The molecule has 0 amide bonds. The van der Waals surface area contributed by atoms with Gasteiger partial charge in [-0.05, 0) is 24.2 Å². The Bertz CT molecular complexity index is 626.